The summed E-state index contributed by atoms with van der Waals surface area (Å²) in [5.41, 5.74) is 0.518. The van der Waals surface area contributed by atoms with Crippen molar-refractivity contribution in [1.82, 2.24) is 14.9 Å². The summed E-state index contributed by atoms with van der Waals surface area (Å²) in [4.78, 5) is 30.3. The number of carbonyl (C=O) groups is 1. The summed E-state index contributed by atoms with van der Waals surface area (Å²) in [6.45, 7) is 1.33. The molecular formula is C27H29N3O5. The van der Waals surface area contributed by atoms with Crippen LogP contribution in [0.3, 0.4) is 0 Å². The summed E-state index contributed by atoms with van der Waals surface area (Å²) in [6, 6.07) is 19.2. The first-order valence-corrected chi connectivity index (χ1v) is 12.0. The molecule has 1 saturated carbocycles. The third kappa shape index (κ3) is 4.85. The molecule has 0 spiro atoms. The van der Waals surface area contributed by atoms with Crippen LogP contribution in [0, 0.1) is 5.92 Å². The first kappa shape index (κ1) is 23.3. The molecule has 2 aliphatic heterocycles. The molecule has 0 radical (unpaired) electrons. The van der Waals surface area contributed by atoms with Crippen molar-refractivity contribution in [3.8, 4) is 5.75 Å². The Morgan fingerprint density at radius 1 is 1.03 bits per heavy atom. The lowest BCUT2D eigenvalue weighted by Gasteiger charge is -2.37. The van der Waals surface area contributed by atoms with Gasteiger partial charge in [0.2, 0.25) is 5.75 Å². The molecule has 35 heavy (non-hydrogen) atoms. The molecule has 8 heteroatoms. The maximum absolute atomic E-state index is 13.6. The largest absolute Gasteiger partial charge is 0.481 e. The van der Waals surface area contributed by atoms with E-state index >= 15 is 0 Å². The van der Waals surface area contributed by atoms with Crippen molar-refractivity contribution in [2.24, 2.45) is 5.92 Å². The highest BCUT2D eigenvalue weighted by molar-refractivity contribution is 5.88. The van der Waals surface area contributed by atoms with Crippen LogP contribution in [0.4, 0.5) is 0 Å². The molecule has 1 fully saturated rings. The Morgan fingerprint density at radius 3 is 2.29 bits per heavy atom. The second-order valence-corrected chi connectivity index (χ2v) is 9.29. The van der Waals surface area contributed by atoms with Gasteiger partial charge in [0.05, 0.1) is 18.9 Å². The minimum atomic E-state index is -1.28. The van der Waals surface area contributed by atoms with Gasteiger partial charge in [-0.3, -0.25) is 14.7 Å². The van der Waals surface area contributed by atoms with Crippen molar-refractivity contribution >= 4 is 5.97 Å². The monoisotopic (exact) mass is 475 g/mol. The number of carboxylic acid groups (broad SMARTS) is 1. The number of hydrogen-bond acceptors (Lipinski definition) is 6. The Kier molecular flexibility index (Phi) is 6.66. The lowest BCUT2D eigenvalue weighted by Crippen LogP contribution is -2.48. The van der Waals surface area contributed by atoms with Crippen molar-refractivity contribution in [2.75, 3.05) is 6.73 Å². The van der Waals surface area contributed by atoms with E-state index in [1.807, 2.05) is 60.7 Å². The van der Waals surface area contributed by atoms with Gasteiger partial charge in [-0.15, -0.1) is 0 Å². The van der Waals surface area contributed by atoms with Crippen LogP contribution in [-0.4, -0.2) is 27.4 Å². The van der Waals surface area contributed by atoms with Crippen LogP contribution in [0.1, 0.15) is 53.1 Å². The smallest absolute Gasteiger partial charge is 0.358 e. The van der Waals surface area contributed by atoms with E-state index in [0.29, 0.717) is 24.9 Å². The second kappa shape index (κ2) is 10.0. The Balaban J connectivity index is 1.43. The fourth-order valence-electron chi connectivity index (χ4n) is 5.10. The van der Waals surface area contributed by atoms with Crippen LogP contribution in [-0.2, 0) is 30.0 Å². The normalized spacial score (nSPS) is 20.7. The van der Waals surface area contributed by atoms with Crippen LogP contribution < -0.4 is 15.6 Å². The van der Waals surface area contributed by atoms with E-state index in [0.717, 1.165) is 36.8 Å². The highest BCUT2D eigenvalue weighted by atomic mass is 16.5. The SMILES string of the molecule is O=C(O)c1nc2n(c(=O)c1OCc1ccccc1)CC1CCC2(NCOCc2ccccc2)CC1. The number of fused-ring (bicyclic) bond motifs is 2. The number of ether oxygens (including phenoxy) is 2. The first-order valence-electron chi connectivity index (χ1n) is 12.0. The van der Waals surface area contributed by atoms with Crippen molar-refractivity contribution in [3.05, 3.63) is 93.7 Å². The predicted molar refractivity (Wildman–Crippen MR) is 129 cm³/mol. The standard InChI is InChI=1S/C27H29N3O5/c31-24-23(35-17-21-9-5-2-6-10-21)22(25(32)33)29-26-27(13-11-19(12-14-27)15-30(24)26)28-18-34-16-20-7-3-1-4-8-20/h1-10,19,28H,11-18H2,(H,32,33). The third-order valence-corrected chi connectivity index (χ3v) is 7.01. The minimum Gasteiger partial charge on any atom is -0.481 e. The van der Waals surface area contributed by atoms with Gasteiger partial charge in [-0.05, 0) is 42.7 Å². The van der Waals surface area contributed by atoms with Gasteiger partial charge in [0.15, 0.2) is 5.69 Å². The van der Waals surface area contributed by atoms with Crippen molar-refractivity contribution in [2.45, 2.75) is 51.0 Å². The van der Waals surface area contributed by atoms with Crippen LogP contribution in [0.5, 0.6) is 5.75 Å². The van der Waals surface area contributed by atoms with Gasteiger partial charge < -0.3 is 14.6 Å². The molecule has 6 rings (SSSR count). The molecule has 0 unspecified atom stereocenters. The van der Waals surface area contributed by atoms with E-state index in [9.17, 15) is 14.7 Å². The van der Waals surface area contributed by atoms with Crippen molar-refractivity contribution in [1.29, 1.82) is 0 Å². The van der Waals surface area contributed by atoms with Crippen LogP contribution >= 0.6 is 0 Å². The summed E-state index contributed by atoms with van der Waals surface area (Å²) in [6.07, 6.45) is 3.39. The fraction of sp³-hybridized carbons (Fsp3) is 0.370. The number of hydrogen-bond donors (Lipinski definition) is 2. The molecule has 2 bridgehead atoms. The van der Waals surface area contributed by atoms with E-state index in [2.05, 4.69) is 10.3 Å². The molecule has 0 saturated heterocycles. The van der Waals surface area contributed by atoms with Gasteiger partial charge >= 0.3 is 5.97 Å². The number of carboxylic acids is 1. The molecule has 3 aromatic rings. The summed E-state index contributed by atoms with van der Waals surface area (Å²) >= 11 is 0. The first-order chi connectivity index (χ1) is 17.1. The van der Waals surface area contributed by atoms with Gasteiger partial charge in [-0.2, -0.15) is 0 Å². The summed E-state index contributed by atoms with van der Waals surface area (Å²) in [5.74, 6) is -0.673. The van der Waals surface area contributed by atoms with Crippen LogP contribution in [0.2, 0.25) is 0 Å². The molecular weight excluding hydrogens is 446 g/mol. The number of nitrogens with one attached hydrogen (secondary N) is 1. The highest BCUT2D eigenvalue weighted by Crippen LogP contribution is 2.42. The van der Waals surface area contributed by atoms with Crippen molar-refractivity contribution in [3.63, 3.8) is 0 Å². The van der Waals surface area contributed by atoms with Crippen LogP contribution in [0.25, 0.3) is 0 Å². The van der Waals surface area contributed by atoms with Gasteiger partial charge in [0.25, 0.3) is 5.56 Å². The van der Waals surface area contributed by atoms with Gasteiger partial charge in [0, 0.05) is 6.54 Å². The molecule has 2 aromatic carbocycles. The van der Waals surface area contributed by atoms with Crippen LogP contribution in [0.15, 0.2) is 65.5 Å². The molecule has 0 atom stereocenters. The average Bonchev–Trinajstić information content (AvgIpc) is 3.14. The number of aromatic carboxylic acids is 1. The topological polar surface area (TPSA) is 103 Å². The number of rotatable bonds is 9. The number of benzene rings is 2. The summed E-state index contributed by atoms with van der Waals surface area (Å²) < 4.78 is 13.3. The molecule has 0 amide bonds. The Labute approximate surface area is 203 Å². The Bertz CT molecular complexity index is 1230. The maximum atomic E-state index is 13.6. The summed E-state index contributed by atoms with van der Waals surface area (Å²) in [7, 11) is 0. The van der Waals surface area contributed by atoms with Gasteiger partial charge in [-0.1, -0.05) is 60.7 Å². The predicted octanol–water partition coefficient (Wildman–Crippen LogP) is 3.68. The average molecular weight is 476 g/mol. The molecule has 1 aromatic heterocycles. The van der Waals surface area contributed by atoms with Gasteiger partial charge in [-0.25, -0.2) is 9.78 Å². The van der Waals surface area contributed by atoms with E-state index in [1.54, 1.807) is 4.57 Å². The fourth-order valence-corrected chi connectivity index (χ4v) is 5.10. The quantitative estimate of drug-likeness (QED) is 0.359. The zero-order valence-electron chi connectivity index (χ0n) is 19.5. The van der Waals surface area contributed by atoms with Crippen molar-refractivity contribution < 1.29 is 19.4 Å². The highest BCUT2D eigenvalue weighted by Gasteiger charge is 2.44. The Morgan fingerprint density at radius 2 is 1.66 bits per heavy atom. The maximum Gasteiger partial charge on any atom is 0.358 e. The van der Waals surface area contributed by atoms with E-state index in [4.69, 9.17) is 9.47 Å². The molecule has 1 aliphatic carbocycles. The molecule has 2 N–H and O–H groups in total. The lowest BCUT2D eigenvalue weighted by atomic mass is 9.77. The number of nitrogens with zero attached hydrogens (tertiary/aromatic N) is 2. The zero-order chi connectivity index (χ0) is 24.3. The third-order valence-electron chi connectivity index (χ3n) is 7.01. The molecule has 8 nitrogen and oxygen atoms in total. The second-order valence-electron chi connectivity index (χ2n) is 9.29. The zero-order valence-corrected chi connectivity index (χ0v) is 19.5. The van der Waals surface area contributed by atoms with E-state index < -0.39 is 17.1 Å². The van der Waals surface area contributed by atoms with E-state index in [-0.39, 0.29) is 24.8 Å². The summed E-state index contributed by atoms with van der Waals surface area (Å²) in [5, 5.41) is 13.4. The molecule has 3 aliphatic rings. The minimum absolute atomic E-state index is 0.0948. The Hall–Kier alpha value is -3.49. The van der Waals surface area contributed by atoms with E-state index in [1.165, 1.54) is 0 Å². The number of aromatic nitrogens is 2. The van der Waals surface area contributed by atoms with Gasteiger partial charge in [0.1, 0.15) is 12.4 Å². The molecule has 182 valence electrons. The molecule has 3 heterocycles. The lowest BCUT2D eigenvalue weighted by molar-refractivity contribution is 0.0598.